The Balaban J connectivity index is 3.90. The van der Waals surface area contributed by atoms with Crippen LogP contribution in [0.2, 0.25) is 0 Å². The number of hydrogen-bond acceptors (Lipinski definition) is 4. The van der Waals surface area contributed by atoms with Crippen molar-refractivity contribution < 1.29 is 24.5 Å². The number of ether oxygens (including phenoxy) is 1. The summed E-state index contributed by atoms with van der Waals surface area (Å²) in [6.07, 6.45) is -0.00675. The summed E-state index contributed by atoms with van der Waals surface area (Å²) in [5, 5.41) is 19.4. The van der Waals surface area contributed by atoms with E-state index in [9.17, 15) is 9.59 Å². The average molecular weight is 205 g/mol. The number of carbonyl (C=O) groups excluding carboxylic acids is 1. The molecule has 82 valence electrons. The van der Waals surface area contributed by atoms with Gasteiger partial charge in [0.2, 0.25) is 5.91 Å². The van der Waals surface area contributed by atoms with Crippen molar-refractivity contribution in [1.29, 1.82) is 0 Å². The third-order valence-electron chi connectivity index (χ3n) is 1.49. The molecule has 0 fully saturated rings. The normalized spacial score (nSPS) is 12.1. The molecule has 0 aromatic heterocycles. The van der Waals surface area contributed by atoms with Crippen molar-refractivity contribution in [3.8, 4) is 0 Å². The van der Waals surface area contributed by atoms with E-state index in [2.05, 4.69) is 5.32 Å². The maximum Gasteiger partial charge on any atom is 0.326 e. The highest BCUT2D eigenvalue weighted by Crippen LogP contribution is 1.91. The topological polar surface area (TPSA) is 95.9 Å². The van der Waals surface area contributed by atoms with Crippen molar-refractivity contribution in [3.63, 3.8) is 0 Å². The average Bonchev–Trinajstić information content (AvgIpc) is 2.14. The van der Waals surface area contributed by atoms with E-state index in [0.717, 1.165) is 0 Å². The summed E-state index contributed by atoms with van der Waals surface area (Å²) in [6, 6.07) is -1.05. The number of aliphatic hydroxyl groups is 1. The zero-order chi connectivity index (χ0) is 11.0. The molecule has 0 bridgehead atoms. The van der Waals surface area contributed by atoms with E-state index in [4.69, 9.17) is 14.9 Å². The smallest absolute Gasteiger partial charge is 0.326 e. The van der Waals surface area contributed by atoms with Gasteiger partial charge in [-0.05, 0) is 6.92 Å². The third kappa shape index (κ3) is 5.50. The molecule has 1 atom stereocenters. The number of nitrogens with one attached hydrogen (secondary N) is 1. The second-order valence-electron chi connectivity index (χ2n) is 2.61. The first-order valence-electron chi connectivity index (χ1n) is 4.32. The number of carbonyl (C=O) groups is 2. The van der Waals surface area contributed by atoms with Crippen LogP contribution < -0.4 is 5.32 Å². The highest BCUT2D eigenvalue weighted by molar-refractivity contribution is 5.84. The SMILES string of the molecule is CCOCC(=O)NC(CCO)C(=O)O. The number of aliphatic carboxylic acids is 1. The number of carboxylic acid groups (broad SMARTS) is 1. The quantitative estimate of drug-likeness (QED) is 0.494. The molecule has 14 heavy (non-hydrogen) atoms. The van der Waals surface area contributed by atoms with E-state index in [1.54, 1.807) is 6.92 Å². The first-order chi connectivity index (χ1) is 6.61. The van der Waals surface area contributed by atoms with Crippen molar-refractivity contribution in [2.45, 2.75) is 19.4 Å². The molecule has 0 saturated carbocycles. The summed E-state index contributed by atoms with van der Waals surface area (Å²) in [4.78, 5) is 21.5. The molecule has 0 spiro atoms. The lowest BCUT2D eigenvalue weighted by atomic mass is 10.2. The highest BCUT2D eigenvalue weighted by Gasteiger charge is 2.18. The largest absolute Gasteiger partial charge is 0.480 e. The maximum absolute atomic E-state index is 11.0. The first kappa shape index (κ1) is 12.9. The number of aliphatic hydroxyl groups excluding tert-OH is 1. The Morgan fingerprint density at radius 3 is 2.57 bits per heavy atom. The number of carboxylic acids is 1. The first-order valence-corrected chi connectivity index (χ1v) is 4.32. The minimum atomic E-state index is -1.16. The summed E-state index contributed by atoms with van der Waals surface area (Å²) in [5.41, 5.74) is 0. The highest BCUT2D eigenvalue weighted by atomic mass is 16.5. The van der Waals surface area contributed by atoms with Gasteiger partial charge in [-0.2, -0.15) is 0 Å². The molecule has 6 heteroatoms. The van der Waals surface area contributed by atoms with Gasteiger partial charge in [0, 0.05) is 19.6 Å². The van der Waals surface area contributed by atoms with Crippen LogP contribution in [0.25, 0.3) is 0 Å². The lowest BCUT2D eigenvalue weighted by Gasteiger charge is -2.12. The van der Waals surface area contributed by atoms with Gasteiger partial charge in [0.1, 0.15) is 12.6 Å². The minimum absolute atomic E-state index is 0.00675. The summed E-state index contributed by atoms with van der Waals surface area (Å²) in [6.45, 7) is 1.68. The molecule has 0 aromatic carbocycles. The van der Waals surface area contributed by atoms with Crippen LogP contribution in [0.4, 0.5) is 0 Å². The number of amides is 1. The molecule has 0 aromatic rings. The predicted molar refractivity (Wildman–Crippen MR) is 47.8 cm³/mol. The van der Waals surface area contributed by atoms with Gasteiger partial charge in [0.15, 0.2) is 0 Å². The Morgan fingerprint density at radius 2 is 2.14 bits per heavy atom. The van der Waals surface area contributed by atoms with Crippen LogP contribution in [-0.2, 0) is 14.3 Å². The van der Waals surface area contributed by atoms with Crippen molar-refractivity contribution in [2.24, 2.45) is 0 Å². The van der Waals surface area contributed by atoms with Gasteiger partial charge in [0.05, 0.1) is 0 Å². The molecule has 1 amide bonds. The number of rotatable bonds is 7. The maximum atomic E-state index is 11.0. The fourth-order valence-corrected chi connectivity index (χ4v) is 0.817. The third-order valence-corrected chi connectivity index (χ3v) is 1.49. The van der Waals surface area contributed by atoms with Crippen molar-refractivity contribution in [3.05, 3.63) is 0 Å². The molecule has 3 N–H and O–H groups in total. The van der Waals surface area contributed by atoms with Crippen LogP contribution in [-0.4, -0.2) is 48.0 Å². The van der Waals surface area contributed by atoms with Crippen LogP contribution in [0.15, 0.2) is 0 Å². The Labute approximate surface area is 81.9 Å². The predicted octanol–water partition coefficient (Wildman–Crippen LogP) is -1.03. The molecule has 1 unspecified atom stereocenters. The Morgan fingerprint density at radius 1 is 1.50 bits per heavy atom. The van der Waals surface area contributed by atoms with E-state index >= 15 is 0 Å². The monoisotopic (exact) mass is 205 g/mol. The van der Waals surface area contributed by atoms with E-state index in [1.165, 1.54) is 0 Å². The van der Waals surface area contributed by atoms with E-state index < -0.39 is 17.9 Å². The van der Waals surface area contributed by atoms with Gasteiger partial charge < -0.3 is 20.3 Å². The Bertz CT molecular complexity index is 194. The summed E-state index contributed by atoms with van der Waals surface area (Å²) in [7, 11) is 0. The molecule has 0 rings (SSSR count). The second-order valence-corrected chi connectivity index (χ2v) is 2.61. The molecular weight excluding hydrogens is 190 g/mol. The minimum Gasteiger partial charge on any atom is -0.480 e. The van der Waals surface area contributed by atoms with E-state index in [1.807, 2.05) is 0 Å². The van der Waals surface area contributed by atoms with E-state index in [0.29, 0.717) is 6.61 Å². The van der Waals surface area contributed by atoms with Crippen LogP contribution in [0.5, 0.6) is 0 Å². The Hall–Kier alpha value is -1.14. The van der Waals surface area contributed by atoms with Gasteiger partial charge in [0.25, 0.3) is 0 Å². The van der Waals surface area contributed by atoms with Gasteiger partial charge >= 0.3 is 5.97 Å². The van der Waals surface area contributed by atoms with Crippen molar-refractivity contribution in [2.75, 3.05) is 19.8 Å². The van der Waals surface area contributed by atoms with Crippen LogP contribution in [0.1, 0.15) is 13.3 Å². The zero-order valence-corrected chi connectivity index (χ0v) is 8.02. The Kier molecular flexibility index (Phi) is 6.69. The summed E-state index contributed by atoms with van der Waals surface area (Å²) < 4.78 is 4.79. The van der Waals surface area contributed by atoms with Gasteiger partial charge in [-0.1, -0.05) is 0 Å². The molecule has 0 saturated heterocycles. The van der Waals surface area contributed by atoms with Crippen LogP contribution >= 0.6 is 0 Å². The van der Waals surface area contributed by atoms with Crippen LogP contribution in [0, 0.1) is 0 Å². The fraction of sp³-hybridized carbons (Fsp3) is 0.750. The van der Waals surface area contributed by atoms with Crippen molar-refractivity contribution in [1.82, 2.24) is 5.32 Å². The molecule has 0 aliphatic rings. The lowest BCUT2D eigenvalue weighted by Crippen LogP contribution is -2.43. The van der Waals surface area contributed by atoms with Gasteiger partial charge in [-0.25, -0.2) is 4.79 Å². The second kappa shape index (κ2) is 7.28. The molecule has 0 radical (unpaired) electrons. The summed E-state index contributed by atoms with van der Waals surface area (Å²) in [5.74, 6) is -1.66. The zero-order valence-electron chi connectivity index (χ0n) is 8.02. The standard InChI is InChI=1S/C8H15NO5/c1-2-14-5-7(11)9-6(3-4-10)8(12)13/h6,10H,2-5H2,1H3,(H,9,11)(H,12,13). The molecule has 0 aliphatic carbocycles. The molecule has 0 heterocycles. The summed E-state index contributed by atoms with van der Waals surface area (Å²) >= 11 is 0. The fourth-order valence-electron chi connectivity index (χ4n) is 0.817. The number of hydrogen-bond donors (Lipinski definition) is 3. The van der Waals surface area contributed by atoms with Crippen LogP contribution in [0.3, 0.4) is 0 Å². The molecular formula is C8H15NO5. The van der Waals surface area contributed by atoms with Gasteiger partial charge in [-0.15, -0.1) is 0 Å². The molecule has 6 nitrogen and oxygen atoms in total. The molecule has 0 aliphatic heterocycles. The van der Waals surface area contributed by atoms with E-state index in [-0.39, 0.29) is 19.6 Å². The van der Waals surface area contributed by atoms with Gasteiger partial charge in [-0.3, -0.25) is 4.79 Å². The lowest BCUT2D eigenvalue weighted by molar-refractivity contribution is -0.143. The van der Waals surface area contributed by atoms with Crippen molar-refractivity contribution >= 4 is 11.9 Å².